The number of nitrogens with one attached hydrogen (secondary N) is 4. The van der Waals surface area contributed by atoms with Crippen LogP contribution in [-0.2, 0) is 50.6 Å². The molecule has 0 aromatic carbocycles. The lowest BCUT2D eigenvalue weighted by molar-refractivity contribution is -0.133. The molecule has 1 saturated carbocycles. The Hall–Kier alpha value is -9.48. The van der Waals surface area contributed by atoms with E-state index in [4.69, 9.17) is 19.9 Å². The molecule has 16 heterocycles. The first-order chi connectivity index (χ1) is 53.8. The summed E-state index contributed by atoms with van der Waals surface area (Å²) in [4.78, 5) is 77.6. The van der Waals surface area contributed by atoms with Crippen molar-refractivity contribution in [2.75, 3.05) is 79.9 Å². The van der Waals surface area contributed by atoms with E-state index in [1.165, 1.54) is 6.26 Å². The number of anilines is 4. The molecule has 1 atom stereocenters. The zero-order valence-corrected chi connectivity index (χ0v) is 68.9. The van der Waals surface area contributed by atoms with Crippen LogP contribution in [0.1, 0.15) is 147 Å². The molecule has 1 unspecified atom stereocenters. The van der Waals surface area contributed by atoms with Crippen LogP contribution in [0.25, 0.3) is 22.6 Å². The number of sulfonamides is 1. The molecule has 12 aromatic rings. The number of halogens is 4. The molecule has 1 aliphatic carbocycles. The molecule has 17 rings (SSSR count). The third-order valence-corrected chi connectivity index (χ3v) is 24.3. The third-order valence-electron chi connectivity index (χ3n) is 20.7. The van der Waals surface area contributed by atoms with Crippen LogP contribution in [-0.4, -0.2) is 182 Å². The smallest absolute Gasteiger partial charge is 0.225 e. The van der Waals surface area contributed by atoms with E-state index in [1.807, 2.05) is 103 Å². The molecule has 4 N–H and O–H groups in total. The quantitative estimate of drug-likeness (QED) is 0.0620. The van der Waals surface area contributed by atoms with Gasteiger partial charge in [0.15, 0.2) is 22.6 Å². The van der Waals surface area contributed by atoms with Crippen LogP contribution in [0.5, 0.6) is 0 Å². The highest BCUT2D eigenvalue weighted by Gasteiger charge is 2.36. The second kappa shape index (κ2) is 35.9. The zero-order chi connectivity index (χ0) is 77.1. The number of aromatic nitrogens is 16. The topological polar surface area (TPSA) is 319 Å². The average molecular weight is 1780 g/mol. The van der Waals surface area contributed by atoms with Crippen molar-refractivity contribution in [3.05, 3.63) is 210 Å². The highest BCUT2D eigenvalue weighted by atomic mass is 79.9. The van der Waals surface area contributed by atoms with Gasteiger partial charge < -0.3 is 36.0 Å². The van der Waals surface area contributed by atoms with Crippen LogP contribution in [0.2, 0.25) is 0 Å². The van der Waals surface area contributed by atoms with Crippen LogP contribution in [0.4, 0.5) is 23.3 Å². The zero-order valence-electron chi connectivity index (χ0n) is 61.7. The minimum Gasteiger partial charge on any atom is -0.366 e. The number of hydrogen-bond acceptors (Lipinski definition) is 21. The molecule has 578 valence electrons. The van der Waals surface area contributed by atoms with Crippen molar-refractivity contribution in [2.45, 2.75) is 128 Å². The predicted molar refractivity (Wildman–Crippen MR) is 437 cm³/mol. The van der Waals surface area contributed by atoms with Crippen LogP contribution in [0.3, 0.4) is 0 Å². The normalized spacial score (nSPS) is 16.7. The summed E-state index contributed by atoms with van der Waals surface area (Å²) in [5.74, 6) is 5.60. The number of fused-ring (bicyclic) bond motifs is 4. The van der Waals surface area contributed by atoms with Gasteiger partial charge in [0.05, 0.1) is 54.6 Å². The van der Waals surface area contributed by atoms with Crippen molar-refractivity contribution in [3.8, 4) is 0 Å². The fraction of sp³-hybridized carbons (Fsp3) is 0.390. The van der Waals surface area contributed by atoms with Gasteiger partial charge in [0.25, 0.3) is 0 Å². The Labute approximate surface area is 676 Å². The average Bonchev–Trinajstić information content (AvgIpc) is 1.68. The van der Waals surface area contributed by atoms with Gasteiger partial charge in [-0.3, -0.25) is 34.3 Å². The predicted octanol–water partition coefficient (Wildman–Crippen LogP) is 12.7. The van der Waals surface area contributed by atoms with Gasteiger partial charge >= 0.3 is 0 Å². The van der Waals surface area contributed by atoms with Gasteiger partial charge in [-0.2, -0.15) is 38.5 Å². The lowest BCUT2D eigenvalue weighted by atomic mass is 9.93. The summed E-state index contributed by atoms with van der Waals surface area (Å²) in [5, 5.41) is 31.5. The largest absolute Gasteiger partial charge is 0.366 e. The molecule has 0 radical (unpaired) electrons. The van der Waals surface area contributed by atoms with Crippen molar-refractivity contribution in [1.29, 1.82) is 0 Å². The molecule has 34 heteroatoms. The van der Waals surface area contributed by atoms with Crippen molar-refractivity contribution >= 4 is 137 Å². The summed E-state index contributed by atoms with van der Waals surface area (Å²) in [6.45, 7) is 11.7. The van der Waals surface area contributed by atoms with E-state index in [-0.39, 0.29) is 23.7 Å². The maximum absolute atomic E-state index is 12.3. The highest BCUT2D eigenvalue weighted by molar-refractivity contribution is 9.11. The molecule has 12 aromatic heterocycles. The number of carbonyl (C=O) groups excluding carboxylic acids is 3. The minimum atomic E-state index is -3.14. The Balaban J connectivity index is 0.000000123. The van der Waals surface area contributed by atoms with Gasteiger partial charge in [0.1, 0.15) is 23.3 Å². The number of piperidine rings is 4. The van der Waals surface area contributed by atoms with Crippen molar-refractivity contribution < 1.29 is 22.8 Å². The van der Waals surface area contributed by atoms with Crippen LogP contribution in [0, 0.1) is 5.92 Å². The Bertz CT molecular complexity index is 5330. The molecule has 4 saturated heterocycles. The van der Waals surface area contributed by atoms with Gasteiger partial charge in [-0.05, 0) is 174 Å². The molecule has 4 aliphatic heterocycles. The van der Waals surface area contributed by atoms with Gasteiger partial charge in [0, 0.05) is 213 Å². The standard InChI is InChI=1S/C21H23BrN6O.2C19H21BrN6O.C18H21BrN6O2S/c22-17-13-25-28-19(24-12-14-2-1-7-23-11-14)10-18(26-20(17)28)15-5-8-27(9-6-15)21(29)16-3-4-16;1-13(27)25-7-3-5-15(12-25)17-8-18(22-10-14-4-2-6-21-9-14)26-19(24-17)16(20)11-23-26;1-13(27)25-7-4-15(5-8-25)17-9-18(22-11-14-3-2-6-21-10-14)26-19(24-17)16(20)12-23-26;1-28(26,27)24-7-4-14(5-8-24)16-9-17(21-11-13-3-2-6-20-10-13)25-18(23-16)15(19)12-22-25/h1-2,7,10-11,13,15-16,24H,3-6,8-9,12H2;2,4,6,8-9,11,15,22H,3,5,7,10,12H2,1H3;2-3,6,9-10,12,15,22H,4-5,7-8,11H2,1H3;2-3,6,9-10,12,14,21H,4-5,7-8,11H2,1H3. The van der Waals surface area contributed by atoms with Gasteiger partial charge in [-0.25, -0.2) is 32.7 Å². The van der Waals surface area contributed by atoms with E-state index in [2.05, 4.69) is 144 Å². The first-order valence-electron chi connectivity index (χ1n) is 37.3. The maximum Gasteiger partial charge on any atom is 0.225 e. The van der Waals surface area contributed by atoms with E-state index in [9.17, 15) is 22.8 Å². The summed E-state index contributed by atoms with van der Waals surface area (Å²) >= 11 is 14.2. The second-order valence-corrected chi connectivity index (χ2v) is 33.8. The number of carbonyl (C=O) groups is 3. The molecule has 29 nitrogen and oxygen atoms in total. The van der Waals surface area contributed by atoms with Gasteiger partial charge in [-0.15, -0.1) is 0 Å². The molecule has 5 aliphatic rings. The summed E-state index contributed by atoms with van der Waals surface area (Å²) in [5.41, 5.74) is 11.6. The summed E-state index contributed by atoms with van der Waals surface area (Å²) < 4.78 is 35.7. The summed E-state index contributed by atoms with van der Waals surface area (Å²) in [7, 11) is -3.14. The number of amides is 3. The molecule has 5 fully saturated rings. The molecular formula is C77H86Br4N24O5S. The number of rotatable bonds is 18. The monoisotopic (exact) mass is 1770 g/mol. The number of likely N-dealkylation sites (tertiary alicyclic amines) is 3. The highest BCUT2D eigenvalue weighted by Crippen LogP contribution is 2.38. The molecular weight excluding hydrogens is 1690 g/mol. The Morgan fingerprint density at radius 3 is 1.02 bits per heavy atom. The van der Waals surface area contributed by atoms with E-state index in [0.29, 0.717) is 69.5 Å². The summed E-state index contributed by atoms with van der Waals surface area (Å²) in [6.07, 6.45) is 32.2. The number of nitrogens with zero attached hydrogens (tertiary/aromatic N) is 20. The maximum atomic E-state index is 12.3. The Morgan fingerprint density at radius 1 is 0.405 bits per heavy atom. The van der Waals surface area contributed by atoms with E-state index < -0.39 is 10.0 Å². The number of hydrogen-bond donors (Lipinski definition) is 4. The summed E-state index contributed by atoms with van der Waals surface area (Å²) in [6, 6.07) is 24.1. The van der Waals surface area contributed by atoms with Crippen molar-refractivity contribution in [2.24, 2.45) is 5.92 Å². The lowest BCUT2D eigenvalue weighted by Crippen LogP contribution is -2.38. The fourth-order valence-electron chi connectivity index (χ4n) is 14.4. The van der Waals surface area contributed by atoms with E-state index in [0.717, 1.165) is 206 Å². The van der Waals surface area contributed by atoms with Crippen LogP contribution < -0.4 is 21.3 Å². The second-order valence-electron chi connectivity index (χ2n) is 28.4. The Kier molecular flexibility index (Phi) is 25.3. The van der Waals surface area contributed by atoms with E-state index in [1.54, 1.807) is 76.8 Å². The van der Waals surface area contributed by atoms with Gasteiger partial charge in [0.2, 0.25) is 27.7 Å². The first kappa shape index (κ1) is 78.2. The van der Waals surface area contributed by atoms with Crippen LogP contribution in [0.15, 0.2) is 165 Å². The molecule has 111 heavy (non-hydrogen) atoms. The minimum absolute atomic E-state index is 0.126. The first-order valence-corrected chi connectivity index (χ1v) is 42.3. The van der Waals surface area contributed by atoms with Gasteiger partial charge in [-0.1, -0.05) is 24.3 Å². The molecule has 3 amide bonds. The third kappa shape index (κ3) is 19.5. The fourth-order valence-corrected chi connectivity index (χ4v) is 16.7. The van der Waals surface area contributed by atoms with Crippen molar-refractivity contribution in [1.82, 2.24) is 97.3 Å². The SMILES string of the molecule is CC(=O)N1CCC(c2cc(NCc3cccnc3)n3ncc(Br)c3n2)CC1.CC(=O)N1CCCC(c2cc(NCc3cccnc3)n3ncc(Br)c3n2)C1.CS(=O)(=O)N1CCC(c2cc(NCc3cccnc3)n3ncc(Br)c3n2)CC1.O=C(C1CC1)N1CCC(c2cc(NCc3cccnc3)n3ncc(Br)c3n2)CC1. The van der Waals surface area contributed by atoms with Crippen molar-refractivity contribution in [3.63, 3.8) is 0 Å². The Morgan fingerprint density at radius 2 is 0.721 bits per heavy atom. The molecule has 0 bridgehead atoms. The number of pyridine rings is 4. The van der Waals surface area contributed by atoms with E-state index >= 15 is 0 Å². The van der Waals surface area contributed by atoms with Crippen LogP contribution >= 0.6 is 63.7 Å². The molecule has 0 spiro atoms. The lowest BCUT2D eigenvalue weighted by Gasteiger charge is -2.32.